The highest BCUT2D eigenvalue weighted by atomic mass is 19.1. The number of pyridine rings is 1. The van der Waals surface area contributed by atoms with Gasteiger partial charge < -0.3 is 25.3 Å². The number of halogens is 1. The first-order valence-corrected chi connectivity index (χ1v) is 13.7. The summed E-state index contributed by atoms with van der Waals surface area (Å²) in [7, 11) is 2.14. The average molecular weight is 531 g/mol. The van der Waals surface area contributed by atoms with Crippen molar-refractivity contribution < 1.29 is 9.18 Å². The third-order valence-electron chi connectivity index (χ3n) is 8.16. The van der Waals surface area contributed by atoms with Crippen molar-refractivity contribution in [2.75, 3.05) is 61.8 Å². The van der Waals surface area contributed by atoms with E-state index in [0.29, 0.717) is 31.2 Å². The maximum absolute atomic E-state index is 13.7. The van der Waals surface area contributed by atoms with Crippen LogP contribution in [0.5, 0.6) is 0 Å². The van der Waals surface area contributed by atoms with Gasteiger partial charge >= 0.3 is 0 Å². The maximum atomic E-state index is 13.7. The highest BCUT2D eigenvalue weighted by Gasteiger charge is 2.28. The Labute approximate surface area is 228 Å². The molecule has 2 N–H and O–H groups in total. The first-order chi connectivity index (χ1) is 18.8. The van der Waals surface area contributed by atoms with Crippen LogP contribution in [-0.4, -0.2) is 89.2 Å². The molecule has 10 heteroatoms. The third-order valence-corrected chi connectivity index (χ3v) is 8.16. The number of carbonyl (C=O) groups excluding carboxylic acids is 1. The number of carbonyl (C=O) groups is 1. The number of nitrogen functional groups attached to an aromatic ring is 1. The van der Waals surface area contributed by atoms with Gasteiger partial charge in [0.05, 0.1) is 6.54 Å². The lowest BCUT2D eigenvalue weighted by Gasteiger charge is -2.37. The summed E-state index contributed by atoms with van der Waals surface area (Å²) in [6.07, 6.45) is 1.98. The van der Waals surface area contributed by atoms with Gasteiger partial charge in [-0.2, -0.15) is 9.97 Å². The van der Waals surface area contributed by atoms with E-state index in [-0.39, 0.29) is 18.5 Å². The lowest BCUT2D eigenvalue weighted by molar-refractivity contribution is 0.0777. The van der Waals surface area contributed by atoms with Crippen LogP contribution in [-0.2, 0) is 13.0 Å². The van der Waals surface area contributed by atoms with Gasteiger partial charge in [0.2, 0.25) is 5.95 Å². The Bertz CT molecular complexity index is 1380. The Hall–Kier alpha value is -3.79. The molecule has 204 valence electrons. The number of anilines is 3. The summed E-state index contributed by atoms with van der Waals surface area (Å²) in [5.41, 5.74) is 11.0. The van der Waals surface area contributed by atoms with Crippen molar-refractivity contribution in [2.45, 2.75) is 38.5 Å². The van der Waals surface area contributed by atoms with E-state index in [1.165, 1.54) is 11.1 Å². The number of nitrogens with two attached hydrogens (primary N) is 1. The van der Waals surface area contributed by atoms with Gasteiger partial charge in [-0.25, -0.2) is 4.39 Å². The maximum Gasteiger partial charge on any atom is 0.272 e. The number of likely N-dealkylation sites (tertiary alicyclic amines) is 1. The monoisotopic (exact) mass is 530 g/mol. The van der Waals surface area contributed by atoms with Crippen molar-refractivity contribution >= 4 is 23.5 Å². The summed E-state index contributed by atoms with van der Waals surface area (Å²) < 4.78 is 13.7. The van der Waals surface area contributed by atoms with Gasteiger partial charge in [-0.1, -0.05) is 12.1 Å². The molecule has 2 atom stereocenters. The molecule has 2 aromatic heterocycles. The molecule has 9 nitrogen and oxygen atoms in total. The molecule has 2 saturated heterocycles. The molecule has 0 spiro atoms. The molecule has 0 radical (unpaired) electrons. The van der Waals surface area contributed by atoms with E-state index in [9.17, 15) is 9.18 Å². The minimum absolute atomic E-state index is 0.141. The summed E-state index contributed by atoms with van der Waals surface area (Å²) in [6, 6.07) is 12.5. The molecule has 1 unspecified atom stereocenters. The van der Waals surface area contributed by atoms with E-state index in [1.807, 2.05) is 12.1 Å². The highest BCUT2D eigenvalue weighted by Crippen LogP contribution is 2.32. The molecule has 39 heavy (non-hydrogen) atoms. The van der Waals surface area contributed by atoms with Crippen molar-refractivity contribution in [3.05, 3.63) is 59.4 Å². The number of likely N-dealkylation sites (N-methyl/N-ethyl adjacent to an activating group) is 1. The Morgan fingerprint density at radius 1 is 0.974 bits per heavy atom. The number of aromatic nitrogens is 3. The summed E-state index contributed by atoms with van der Waals surface area (Å²) in [4.78, 5) is 34.8. The molecule has 3 aromatic rings. The predicted octanol–water partition coefficient (Wildman–Crippen LogP) is 3.01. The second kappa shape index (κ2) is 10.4. The van der Waals surface area contributed by atoms with E-state index < -0.39 is 6.17 Å². The number of hydrogen-bond acceptors (Lipinski definition) is 8. The number of hydrogen-bond donors (Lipinski definition) is 1. The molecule has 2 fully saturated rings. The zero-order valence-electron chi connectivity index (χ0n) is 22.6. The predicted molar refractivity (Wildman–Crippen MR) is 151 cm³/mol. The smallest absolute Gasteiger partial charge is 0.272 e. The molecule has 0 saturated carbocycles. The second-order valence-corrected chi connectivity index (χ2v) is 11.0. The summed E-state index contributed by atoms with van der Waals surface area (Å²) in [5.74, 6) is 1.80. The van der Waals surface area contributed by atoms with Crippen LogP contribution in [0.15, 0.2) is 42.6 Å². The standard InChI is InChI=1S/C29H35FN8O/c1-19-13-20-3-4-21(22-5-7-32-25(15-22)28(39)37-8-6-24(30)18-37)14-23(20)17-38(19)27-16-26(33-29(31)34-27)36-11-9-35(2)10-12-36/h3-5,7,14-16,19,24H,6,8-13,17-18H2,1-2H3,(H2,31,33,34)/t19?,24-/m0/s1. The molecule has 1 amide bonds. The van der Waals surface area contributed by atoms with E-state index in [1.54, 1.807) is 11.1 Å². The largest absolute Gasteiger partial charge is 0.368 e. The SMILES string of the molecule is CC1Cc2ccc(-c3ccnc(C(=O)N4CC[C@H](F)C4)c3)cc2CN1c1cc(N2CCN(C)CC2)nc(N)n1. The molecular weight excluding hydrogens is 495 g/mol. The topological polar surface area (TPSA) is 94.7 Å². The first-order valence-electron chi connectivity index (χ1n) is 13.7. The fourth-order valence-corrected chi connectivity index (χ4v) is 5.80. The van der Waals surface area contributed by atoms with Gasteiger partial charge in [0.1, 0.15) is 23.5 Å². The normalized spacial score (nSPS) is 21.8. The fourth-order valence-electron chi connectivity index (χ4n) is 5.80. The molecule has 1 aromatic carbocycles. The highest BCUT2D eigenvalue weighted by molar-refractivity contribution is 5.93. The Kier molecular flexibility index (Phi) is 6.80. The summed E-state index contributed by atoms with van der Waals surface area (Å²) >= 11 is 0. The van der Waals surface area contributed by atoms with Crippen LogP contribution in [0.2, 0.25) is 0 Å². The minimum Gasteiger partial charge on any atom is -0.368 e. The van der Waals surface area contributed by atoms with Crippen LogP contribution in [0.4, 0.5) is 22.0 Å². The number of benzene rings is 1. The van der Waals surface area contributed by atoms with Gasteiger partial charge in [0.15, 0.2) is 0 Å². The van der Waals surface area contributed by atoms with Crippen LogP contribution >= 0.6 is 0 Å². The van der Waals surface area contributed by atoms with Crippen molar-refractivity contribution in [3.8, 4) is 11.1 Å². The molecule has 3 aliphatic heterocycles. The number of piperazine rings is 1. The molecule has 0 bridgehead atoms. The van der Waals surface area contributed by atoms with Crippen LogP contribution in [0.3, 0.4) is 0 Å². The second-order valence-electron chi connectivity index (χ2n) is 11.0. The Morgan fingerprint density at radius 3 is 2.51 bits per heavy atom. The van der Waals surface area contributed by atoms with Crippen molar-refractivity contribution in [3.63, 3.8) is 0 Å². The van der Waals surface area contributed by atoms with E-state index >= 15 is 0 Å². The van der Waals surface area contributed by atoms with Gasteiger partial charge in [0.25, 0.3) is 5.91 Å². The summed E-state index contributed by atoms with van der Waals surface area (Å²) in [6.45, 7) is 7.30. The number of nitrogens with zero attached hydrogens (tertiary/aromatic N) is 7. The van der Waals surface area contributed by atoms with Crippen molar-refractivity contribution in [1.82, 2.24) is 24.8 Å². The van der Waals surface area contributed by atoms with Gasteiger partial charge in [-0.05, 0) is 67.3 Å². The lowest BCUT2D eigenvalue weighted by Crippen LogP contribution is -2.45. The zero-order chi connectivity index (χ0) is 27.1. The van der Waals surface area contributed by atoms with Crippen molar-refractivity contribution in [2.24, 2.45) is 0 Å². The van der Waals surface area contributed by atoms with E-state index in [2.05, 4.69) is 67.9 Å². The molecule has 5 heterocycles. The molecule has 3 aliphatic rings. The van der Waals surface area contributed by atoms with Gasteiger partial charge in [-0.3, -0.25) is 9.78 Å². The number of amides is 1. The third kappa shape index (κ3) is 5.25. The fraction of sp³-hybridized carbons (Fsp3) is 0.448. The van der Waals surface area contributed by atoms with Crippen LogP contribution in [0, 0.1) is 0 Å². The molecule has 6 rings (SSSR count). The van der Waals surface area contributed by atoms with Crippen LogP contribution in [0.1, 0.15) is 35.0 Å². The quantitative estimate of drug-likeness (QED) is 0.550. The minimum atomic E-state index is -0.953. The zero-order valence-corrected chi connectivity index (χ0v) is 22.6. The molecular formula is C29H35FN8O. The first kappa shape index (κ1) is 25.5. The van der Waals surface area contributed by atoms with E-state index in [0.717, 1.165) is 55.4 Å². The van der Waals surface area contributed by atoms with Crippen LogP contribution in [0.25, 0.3) is 11.1 Å². The molecule has 0 aliphatic carbocycles. The van der Waals surface area contributed by atoms with Gasteiger partial charge in [0, 0.05) is 57.6 Å². The van der Waals surface area contributed by atoms with Crippen molar-refractivity contribution in [1.29, 1.82) is 0 Å². The average Bonchev–Trinajstić information content (AvgIpc) is 3.38. The van der Waals surface area contributed by atoms with E-state index in [4.69, 9.17) is 5.73 Å². The van der Waals surface area contributed by atoms with Crippen LogP contribution < -0.4 is 15.5 Å². The number of alkyl halides is 1. The summed E-state index contributed by atoms with van der Waals surface area (Å²) in [5, 5.41) is 0. The van der Waals surface area contributed by atoms with Gasteiger partial charge in [-0.15, -0.1) is 0 Å². The Balaban J connectivity index is 1.25. The Morgan fingerprint density at radius 2 is 1.74 bits per heavy atom. The number of rotatable bonds is 4. The lowest BCUT2D eigenvalue weighted by atomic mass is 9.91. The number of fused-ring (bicyclic) bond motifs is 1.